The minimum atomic E-state index is 0.371. The summed E-state index contributed by atoms with van der Waals surface area (Å²) in [4.78, 5) is 2.53. The van der Waals surface area contributed by atoms with Crippen molar-refractivity contribution in [3.63, 3.8) is 0 Å². The van der Waals surface area contributed by atoms with Crippen LogP contribution in [0.1, 0.15) is 44.2 Å². The van der Waals surface area contributed by atoms with Gasteiger partial charge >= 0.3 is 0 Å². The summed E-state index contributed by atoms with van der Waals surface area (Å²) in [5.41, 5.74) is 1.22. The number of likely N-dealkylation sites (tertiary alicyclic amines) is 1. The summed E-state index contributed by atoms with van der Waals surface area (Å²) in [5, 5.41) is 13.3. The van der Waals surface area contributed by atoms with Crippen LogP contribution >= 0.6 is 0 Å². The summed E-state index contributed by atoms with van der Waals surface area (Å²) in [6, 6.07) is 8.79. The summed E-state index contributed by atoms with van der Waals surface area (Å²) in [6.07, 6.45) is 5.35. The molecule has 0 aromatic heterocycles. The molecule has 2 aliphatic rings. The molecule has 1 heterocycles. The largest absolute Gasteiger partial charge is 0.508 e. The molecular weight excluding hydrogens is 248 g/mol. The van der Waals surface area contributed by atoms with E-state index in [9.17, 15) is 5.11 Å². The van der Waals surface area contributed by atoms with Crippen LogP contribution in [0.25, 0.3) is 0 Å². The molecule has 0 spiro atoms. The first kappa shape index (κ1) is 13.9. The van der Waals surface area contributed by atoms with Gasteiger partial charge < -0.3 is 10.4 Å². The van der Waals surface area contributed by atoms with Gasteiger partial charge in [-0.2, -0.15) is 0 Å². The summed E-state index contributed by atoms with van der Waals surface area (Å²) >= 11 is 0. The number of hydrogen-bond donors (Lipinski definition) is 2. The molecule has 1 unspecified atom stereocenters. The molecule has 1 aromatic rings. The number of hydrogen-bond acceptors (Lipinski definition) is 3. The van der Waals surface area contributed by atoms with Crippen molar-refractivity contribution in [3.8, 4) is 5.75 Å². The Morgan fingerprint density at radius 1 is 1.25 bits per heavy atom. The van der Waals surface area contributed by atoms with E-state index >= 15 is 0 Å². The Hall–Kier alpha value is -1.06. The fraction of sp³-hybridized carbons (Fsp3) is 0.647. The molecule has 1 atom stereocenters. The molecular formula is C17H26N2O. The number of rotatable bonds is 5. The van der Waals surface area contributed by atoms with Gasteiger partial charge in [0.1, 0.15) is 5.75 Å². The zero-order valence-corrected chi connectivity index (χ0v) is 12.4. The fourth-order valence-corrected chi connectivity index (χ4v) is 3.14. The van der Waals surface area contributed by atoms with Crippen molar-refractivity contribution < 1.29 is 5.11 Å². The number of nitrogens with one attached hydrogen (secondary N) is 1. The van der Waals surface area contributed by atoms with Gasteiger partial charge in [-0.3, -0.25) is 4.90 Å². The molecule has 110 valence electrons. The lowest BCUT2D eigenvalue weighted by molar-refractivity contribution is 0.152. The SMILES string of the molecule is CC(c1cccc(O)c1)N1CCC(NCC2CC2)CC1. The van der Waals surface area contributed by atoms with Gasteiger partial charge in [0.25, 0.3) is 0 Å². The van der Waals surface area contributed by atoms with E-state index in [2.05, 4.69) is 23.2 Å². The molecule has 2 N–H and O–H groups in total. The molecule has 0 radical (unpaired) electrons. The topological polar surface area (TPSA) is 35.5 Å². The quantitative estimate of drug-likeness (QED) is 0.866. The van der Waals surface area contributed by atoms with Crippen LogP contribution in [0, 0.1) is 5.92 Å². The lowest BCUT2D eigenvalue weighted by Gasteiger charge is -2.36. The number of benzene rings is 1. The van der Waals surface area contributed by atoms with Crippen LogP contribution in [-0.4, -0.2) is 35.7 Å². The lowest BCUT2D eigenvalue weighted by Crippen LogP contribution is -2.43. The van der Waals surface area contributed by atoms with Crippen LogP contribution < -0.4 is 5.32 Å². The van der Waals surface area contributed by atoms with Crippen LogP contribution in [-0.2, 0) is 0 Å². The van der Waals surface area contributed by atoms with Crippen LogP contribution in [0.3, 0.4) is 0 Å². The fourth-order valence-electron chi connectivity index (χ4n) is 3.14. The average Bonchev–Trinajstić information content (AvgIpc) is 3.29. The summed E-state index contributed by atoms with van der Waals surface area (Å²) < 4.78 is 0. The third-order valence-corrected chi connectivity index (χ3v) is 4.82. The highest BCUT2D eigenvalue weighted by atomic mass is 16.3. The van der Waals surface area contributed by atoms with Gasteiger partial charge in [-0.25, -0.2) is 0 Å². The number of nitrogens with zero attached hydrogens (tertiary/aromatic N) is 1. The maximum Gasteiger partial charge on any atom is 0.115 e. The predicted molar refractivity (Wildman–Crippen MR) is 81.8 cm³/mol. The Balaban J connectivity index is 1.49. The summed E-state index contributed by atoms with van der Waals surface area (Å²) in [5.74, 6) is 1.34. The zero-order valence-electron chi connectivity index (χ0n) is 12.4. The van der Waals surface area contributed by atoms with Crippen molar-refractivity contribution in [2.24, 2.45) is 5.92 Å². The zero-order chi connectivity index (χ0) is 13.9. The first-order chi connectivity index (χ1) is 9.72. The first-order valence-corrected chi connectivity index (χ1v) is 7.99. The van der Waals surface area contributed by atoms with Crippen molar-refractivity contribution in [1.29, 1.82) is 0 Å². The van der Waals surface area contributed by atoms with E-state index in [1.807, 2.05) is 12.1 Å². The highest BCUT2D eigenvalue weighted by molar-refractivity contribution is 5.29. The second kappa shape index (κ2) is 6.15. The standard InChI is InChI=1S/C17H26N2O/c1-13(15-3-2-4-17(20)11-15)19-9-7-16(8-10-19)18-12-14-5-6-14/h2-4,11,13-14,16,18,20H,5-10,12H2,1H3. The van der Waals surface area contributed by atoms with E-state index in [-0.39, 0.29) is 0 Å². The van der Waals surface area contributed by atoms with E-state index in [0.717, 1.165) is 19.0 Å². The minimum Gasteiger partial charge on any atom is -0.508 e. The Kier molecular flexibility index (Phi) is 4.27. The molecule has 2 fully saturated rings. The van der Waals surface area contributed by atoms with E-state index in [1.165, 1.54) is 37.8 Å². The van der Waals surface area contributed by atoms with E-state index in [1.54, 1.807) is 6.07 Å². The number of phenols is 1. The smallest absolute Gasteiger partial charge is 0.115 e. The Bertz CT molecular complexity index is 436. The average molecular weight is 274 g/mol. The molecule has 3 nitrogen and oxygen atoms in total. The minimum absolute atomic E-state index is 0.371. The van der Waals surface area contributed by atoms with E-state index in [0.29, 0.717) is 17.8 Å². The van der Waals surface area contributed by atoms with Crippen LogP contribution in [0.4, 0.5) is 0 Å². The maximum atomic E-state index is 9.60. The molecule has 1 saturated carbocycles. The number of aromatic hydroxyl groups is 1. The van der Waals surface area contributed by atoms with Gasteiger partial charge in [0.2, 0.25) is 0 Å². The molecule has 1 aliphatic heterocycles. The Labute approximate surface area is 122 Å². The highest BCUT2D eigenvalue weighted by Crippen LogP contribution is 2.29. The van der Waals surface area contributed by atoms with Crippen molar-refractivity contribution >= 4 is 0 Å². The predicted octanol–water partition coefficient (Wildman–Crippen LogP) is 2.92. The van der Waals surface area contributed by atoms with Gasteiger partial charge in [0.15, 0.2) is 0 Å². The number of piperidine rings is 1. The lowest BCUT2D eigenvalue weighted by atomic mass is 10.00. The molecule has 3 rings (SSSR count). The van der Waals surface area contributed by atoms with E-state index < -0.39 is 0 Å². The van der Waals surface area contributed by atoms with Gasteiger partial charge in [-0.15, -0.1) is 0 Å². The second-order valence-corrected chi connectivity index (χ2v) is 6.43. The second-order valence-electron chi connectivity index (χ2n) is 6.43. The van der Waals surface area contributed by atoms with Gasteiger partial charge in [0.05, 0.1) is 0 Å². The molecule has 3 heteroatoms. The summed E-state index contributed by atoms with van der Waals surface area (Å²) in [6.45, 7) is 5.78. The van der Waals surface area contributed by atoms with Gasteiger partial charge in [-0.05, 0) is 62.8 Å². The Morgan fingerprint density at radius 2 is 2.00 bits per heavy atom. The van der Waals surface area contributed by atoms with Crippen LogP contribution in [0.15, 0.2) is 24.3 Å². The van der Waals surface area contributed by atoms with Gasteiger partial charge in [-0.1, -0.05) is 12.1 Å². The number of phenolic OH excluding ortho intramolecular Hbond substituents is 1. The normalized spacial score (nSPS) is 22.9. The van der Waals surface area contributed by atoms with Crippen LogP contribution in [0.2, 0.25) is 0 Å². The van der Waals surface area contributed by atoms with Crippen LogP contribution in [0.5, 0.6) is 5.75 Å². The third kappa shape index (κ3) is 3.53. The molecule has 0 bridgehead atoms. The molecule has 20 heavy (non-hydrogen) atoms. The third-order valence-electron chi connectivity index (χ3n) is 4.82. The molecule has 1 saturated heterocycles. The summed E-state index contributed by atoms with van der Waals surface area (Å²) in [7, 11) is 0. The Morgan fingerprint density at radius 3 is 2.65 bits per heavy atom. The molecule has 0 amide bonds. The van der Waals surface area contributed by atoms with Crippen molar-refractivity contribution in [1.82, 2.24) is 10.2 Å². The van der Waals surface area contributed by atoms with Crippen molar-refractivity contribution in [2.45, 2.75) is 44.7 Å². The molecule has 1 aliphatic carbocycles. The highest BCUT2D eigenvalue weighted by Gasteiger charge is 2.26. The monoisotopic (exact) mass is 274 g/mol. The molecule has 1 aromatic carbocycles. The maximum absolute atomic E-state index is 9.60. The first-order valence-electron chi connectivity index (χ1n) is 7.99. The van der Waals surface area contributed by atoms with Crippen molar-refractivity contribution in [3.05, 3.63) is 29.8 Å². The van der Waals surface area contributed by atoms with Crippen molar-refractivity contribution in [2.75, 3.05) is 19.6 Å². The van der Waals surface area contributed by atoms with E-state index in [4.69, 9.17) is 0 Å². The van der Waals surface area contributed by atoms with Gasteiger partial charge in [0, 0.05) is 25.2 Å².